The molecule has 2 fully saturated rings. The molecule has 1 saturated heterocycles. The Morgan fingerprint density at radius 3 is 2.88 bits per heavy atom. The SMILES string of the molecule is CN(C[C@@]12CCC[C@H]1N(C)C(=O)CC2)C(=O)c1nn(C)c2ccccc12. The lowest BCUT2D eigenvalue weighted by Gasteiger charge is -2.46. The van der Waals surface area contributed by atoms with E-state index in [0.717, 1.165) is 36.6 Å². The fourth-order valence-electron chi connectivity index (χ4n) is 5.08. The number of hydrogen-bond acceptors (Lipinski definition) is 3. The quantitative estimate of drug-likeness (QED) is 0.851. The van der Waals surface area contributed by atoms with Crippen molar-refractivity contribution in [2.45, 2.75) is 38.1 Å². The van der Waals surface area contributed by atoms with E-state index in [1.807, 2.05) is 55.2 Å². The summed E-state index contributed by atoms with van der Waals surface area (Å²) in [5.41, 5.74) is 1.50. The van der Waals surface area contributed by atoms with E-state index in [9.17, 15) is 9.59 Å². The number of fused-ring (bicyclic) bond motifs is 2. The van der Waals surface area contributed by atoms with Gasteiger partial charge in [0.1, 0.15) is 0 Å². The predicted octanol–water partition coefficient (Wildman–Crippen LogP) is 2.44. The van der Waals surface area contributed by atoms with Crippen molar-refractivity contribution < 1.29 is 9.59 Å². The van der Waals surface area contributed by atoms with E-state index in [1.54, 1.807) is 4.68 Å². The van der Waals surface area contributed by atoms with Crippen molar-refractivity contribution in [1.82, 2.24) is 19.6 Å². The van der Waals surface area contributed by atoms with Gasteiger partial charge in [-0.25, -0.2) is 0 Å². The Morgan fingerprint density at radius 1 is 1.31 bits per heavy atom. The molecule has 6 nitrogen and oxygen atoms in total. The molecule has 2 atom stereocenters. The van der Waals surface area contributed by atoms with Gasteiger partial charge in [0.25, 0.3) is 5.91 Å². The first-order chi connectivity index (χ1) is 12.4. The fourth-order valence-corrected chi connectivity index (χ4v) is 5.08. The van der Waals surface area contributed by atoms with Crippen LogP contribution >= 0.6 is 0 Å². The largest absolute Gasteiger partial charge is 0.342 e. The number of nitrogens with zero attached hydrogens (tertiary/aromatic N) is 4. The summed E-state index contributed by atoms with van der Waals surface area (Å²) >= 11 is 0. The number of carbonyl (C=O) groups is 2. The Bertz CT molecular complexity index is 874. The molecule has 2 aliphatic rings. The fraction of sp³-hybridized carbons (Fsp3) is 0.550. The van der Waals surface area contributed by atoms with Crippen LogP contribution in [0.3, 0.4) is 0 Å². The maximum Gasteiger partial charge on any atom is 0.274 e. The molecule has 2 heterocycles. The summed E-state index contributed by atoms with van der Waals surface area (Å²) in [7, 11) is 5.65. The summed E-state index contributed by atoms with van der Waals surface area (Å²) < 4.78 is 1.76. The van der Waals surface area contributed by atoms with Crippen LogP contribution in [-0.4, -0.2) is 58.1 Å². The minimum Gasteiger partial charge on any atom is -0.342 e. The number of para-hydroxylation sites is 1. The van der Waals surface area contributed by atoms with Gasteiger partial charge in [-0.15, -0.1) is 0 Å². The molecule has 4 rings (SSSR count). The van der Waals surface area contributed by atoms with Crippen LogP contribution in [0.2, 0.25) is 0 Å². The van der Waals surface area contributed by atoms with E-state index < -0.39 is 0 Å². The van der Waals surface area contributed by atoms with Crippen LogP contribution in [0.1, 0.15) is 42.6 Å². The molecule has 2 aromatic rings. The number of benzene rings is 1. The van der Waals surface area contributed by atoms with Crippen LogP contribution in [0.25, 0.3) is 10.9 Å². The highest BCUT2D eigenvalue weighted by Gasteiger charge is 2.50. The molecule has 138 valence electrons. The molecule has 6 heteroatoms. The number of likely N-dealkylation sites (tertiary alicyclic amines) is 1. The summed E-state index contributed by atoms with van der Waals surface area (Å²) in [6.07, 6.45) is 4.70. The molecular formula is C20H26N4O2. The van der Waals surface area contributed by atoms with Crippen LogP contribution in [0.15, 0.2) is 24.3 Å². The van der Waals surface area contributed by atoms with E-state index in [1.165, 1.54) is 0 Å². The van der Waals surface area contributed by atoms with E-state index in [4.69, 9.17) is 0 Å². The molecular weight excluding hydrogens is 328 g/mol. The second kappa shape index (κ2) is 6.11. The van der Waals surface area contributed by atoms with E-state index in [0.29, 0.717) is 18.7 Å². The Hall–Kier alpha value is -2.37. The Balaban J connectivity index is 1.60. The van der Waals surface area contributed by atoms with Crippen molar-refractivity contribution >= 4 is 22.7 Å². The molecule has 0 unspecified atom stereocenters. The summed E-state index contributed by atoms with van der Waals surface area (Å²) in [6.45, 7) is 0.680. The molecule has 26 heavy (non-hydrogen) atoms. The molecule has 0 bridgehead atoms. The van der Waals surface area contributed by atoms with Crippen molar-refractivity contribution in [3.63, 3.8) is 0 Å². The van der Waals surface area contributed by atoms with Crippen molar-refractivity contribution in [2.24, 2.45) is 12.5 Å². The van der Waals surface area contributed by atoms with Crippen LogP contribution < -0.4 is 0 Å². The second-order valence-electron chi connectivity index (χ2n) is 7.93. The first-order valence-corrected chi connectivity index (χ1v) is 9.36. The average molecular weight is 354 g/mol. The van der Waals surface area contributed by atoms with E-state index in [-0.39, 0.29) is 23.3 Å². The van der Waals surface area contributed by atoms with Gasteiger partial charge in [0.05, 0.1) is 5.52 Å². The Kier molecular flexibility index (Phi) is 4.01. The second-order valence-corrected chi connectivity index (χ2v) is 7.93. The van der Waals surface area contributed by atoms with Crippen molar-refractivity contribution in [3.05, 3.63) is 30.0 Å². The van der Waals surface area contributed by atoms with Gasteiger partial charge in [0.2, 0.25) is 5.91 Å². The van der Waals surface area contributed by atoms with Crippen LogP contribution in [0, 0.1) is 5.41 Å². The predicted molar refractivity (Wildman–Crippen MR) is 99.8 cm³/mol. The number of amides is 2. The number of carbonyl (C=O) groups excluding carboxylic acids is 2. The summed E-state index contributed by atoms with van der Waals surface area (Å²) in [5, 5.41) is 5.37. The van der Waals surface area contributed by atoms with E-state index >= 15 is 0 Å². The van der Waals surface area contributed by atoms with Gasteiger partial charge in [-0.1, -0.05) is 24.6 Å². The van der Waals surface area contributed by atoms with Gasteiger partial charge < -0.3 is 9.80 Å². The van der Waals surface area contributed by atoms with Gasteiger partial charge in [0.15, 0.2) is 5.69 Å². The number of hydrogen-bond donors (Lipinski definition) is 0. The highest BCUT2D eigenvalue weighted by atomic mass is 16.2. The molecule has 1 saturated carbocycles. The first kappa shape index (κ1) is 17.1. The zero-order valence-electron chi connectivity index (χ0n) is 15.7. The number of aromatic nitrogens is 2. The standard InChI is InChI=1S/C20H26N4O2/c1-22(13-20-11-6-9-16(20)23(2)17(25)10-12-20)19(26)18-14-7-4-5-8-15(14)24(3)21-18/h4-5,7-8,16H,6,9-13H2,1-3H3/t16-,20+/m1/s1. The lowest BCUT2D eigenvalue weighted by Crippen LogP contribution is -2.54. The molecule has 1 aromatic heterocycles. The van der Waals surface area contributed by atoms with Crippen molar-refractivity contribution in [3.8, 4) is 0 Å². The average Bonchev–Trinajstić information content (AvgIpc) is 3.20. The molecule has 0 radical (unpaired) electrons. The summed E-state index contributed by atoms with van der Waals surface area (Å²) in [5.74, 6) is 0.193. The van der Waals surface area contributed by atoms with Gasteiger partial charge in [-0.3, -0.25) is 14.3 Å². The van der Waals surface area contributed by atoms with Crippen molar-refractivity contribution in [1.29, 1.82) is 0 Å². The van der Waals surface area contributed by atoms with Gasteiger partial charge in [-0.05, 0) is 25.3 Å². The third kappa shape index (κ3) is 2.50. The highest BCUT2D eigenvalue weighted by Crippen LogP contribution is 2.48. The van der Waals surface area contributed by atoms with Crippen LogP contribution in [0.5, 0.6) is 0 Å². The normalized spacial score (nSPS) is 25.6. The maximum atomic E-state index is 13.1. The topological polar surface area (TPSA) is 58.4 Å². The molecule has 2 amide bonds. The number of rotatable bonds is 3. The molecule has 1 aliphatic heterocycles. The monoisotopic (exact) mass is 354 g/mol. The van der Waals surface area contributed by atoms with Gasteiger partial charge >= 0.3 is 0 Å². The molecule has 0 N–H and O–H groups in total. The summed E-state index contributed by atoms with van der Waals surface area (Å²) in [4.78, 5) is 29.0. The number of piperidine rings is 1. The summed E-state index contributed by atoms with van der Waals surface area (Å²) in [6, 6.07) is 8.08. The molecule has 1 aliphatic carbocycles. The van der Waals surface area contributed by atoms with Gasteiger partial charge in [0, 0.05) is 51.0 Å². The lowest BCUT2D eigenvalue weighted by molar-refractivity contribution is -0.140. The van der Waals surface area contributed by atoms with E-state index in [2.05, 4.69) is 5.10 Å². The molecule has 1 aromatic carbocycles. The zero-order chi connectivity index (χ0) is 18.5. The zero-order valence-corrected chi connectivity index (χ0v) is 15.7. The van der Waals surface area contributed by atoms with Crippen LogP contribution in [-0.2, 0) is 11.8 Å². The first-order valence-electron chi connectivity index (χ1n) is 9.36. The number of aryl methyl sites for hydroxylation is 1. The van der Waals surface area contributed by atoms with Gasteiger partial charge in [-0.2, -0.15) is 5.10 Å². The third-order valence-corrected chi connectivity index (χ3v) is 6.42. The maximum absolute atomic E-state index is 13.1. The molecule has 0 spiro atoms. The Labute approximate surface area is 153 Å². The smallest absolute Gasteiger partial charge is 0.274 e. The Morgan fingerprint density at radius 2 is 2.08 bits per heavy atom. The third-order valence-electron chi connectivity index (χ3n) is 6.42. The van der Waals surface area contributed by atoms with Crippen LogP contribution in [0.4, 0.5) is 0 Å². The minimum absolute atomic E-state index is 0.0255. The highest BCUT2D eigenvalue weighted by molar-refractivity contribution is 6.04. The lowest BCUT2D eigenvalue weighted by atomic mass is 9.74. The van der Waals surface area contributed by atoms with Crippen molar-refractivity contribution in [2.75, 3.05) is 20.6 Å². The minimum atomic E-state index is -0.0404.